The molecule has 110 valence electrons. The Hall–Kier alpha value is -1.21. The highest BCUT2D eigenvalue weighted by molar-refractivity contribution is 5.29. The normalized spacial score (nSPS) is 21.4. The monoisotopic (exact) mass is 280 g/mol. The Kier molecular flexibility index (Phi) is 4.47. The fraction of sp³-hybridized carbons (Fsp3) is 0.643. The van der Waals surface area contributed by atoms with Gasteiger partial charge in [0.05, 0.1) is 26.4 Å². The van der Waals surface area contributed by atoms with Crippen LogP contribution in [-0.4, -0.2) is 61.1 Å². The summed E-state index contributed by atoms with van der Waals surface area (Å²) in [5.41, 5.74) is 1.44. The molecule has 2 aliphatic rings. The Bertz CT molecular complexity index is 443. The van der Waals surface area contributed by atoms with Crippen LogP contribution in [0.3, 0.4) is 0 Å². The molecule has 2 saturated heterocycles. The molecule has 0 unspecified atom stereocenters. The number of hydrogen-bond donors (Lipinski definition) is 1. The summed E-state index contributed by atoms with van der Waals surface area (Å²) in [5.74, 6) is 0.132. The van der Waals surface area contributed by atoms with Gasteiger partial charge in [-0.2, -0.15) is 0 Å². The Morgan fingerprint density at radius 1 is 1.15 bits per heavy atom. The zero-order chi connectivity index (χ0) is 13.8. The topological polar surface area (TPSA) is 64.1 Å². The van der Waals surface area contributed by atoms with Crippen molar-refractivity contribution in [3.05, 3.63) is 23.5 Å². The molecule has 2 fully saturated rings. The second-order valence-electron chi connectivity index (χ2n) is 4.98. The molecule has 0 aliphatic carbocycles. The number of aromatic nitrogens is 1. The standard InChI is InChI=1S/C14H20N2O4/c17-12-2-1-11(3-4-16-5-7-18-8-6-16)15-13(12)14-19-9-10-20-14/h1-2,14,17H,3-10H2. The summed E-state index contributed by atoms with van der Waals surface area (Å²) in [6.07, 6.45) is 0.318. The fourth-order valence-corrected chi connectivity index (χ4v) is 2.44. The van der Waals surface area contributed by atoms with Crippen LogP contribution in [0.25, 0.3) is 0 Å². The first-order valence-electron chi connectivity index (χ1n) is 7.05. The second-order valence-corrected chi connectivity index (χ2v) is 4.98. The van der Waals surface area contributed by atoms with Crippen molar-refractivity contribution >= 4 is 0 Å². The average molecular weight is 280 g/mol. The van der Waals surface area contributed by atoms with E-state index < -0.39 is 6.29 Å². The highest BCUT2D eigenvalue weighted by Gasteiger charge is 2.23. The van der Waals surface area contributed by atoms with E-state index in [1.807, 2.05) is 6.07 Å². The van der Waals surface area contributed by atoms with Gasteiger partial charge in [0.25, 0.3) is 0 Å². The van der Waals surface area contributed by atoms with E-state index in [-0.39, 0.29) is 5.75 Å². The number of morpholine rings is 1. The molecule has 2 aliphatic heterocycles. The quantitative estimate of drug-likeness (QED) is 0.876. The molecule has 0 aromatic carbocycles. The maximum atomic E-state index is 9.86. The van der Waals surface area contributed by atoms with Crippen LogP contribution in [0.2, 0.25) is 0 Å². The van der Waals surface area contributed by atoms with Crippen LogP contribution in [-0.2, 0) is 20.6 Å². The summed E-state index contributed by atoms with van der Waals surface area (Å²) in [7, 11) is 0. The molecule has 0 bridgehead atoms. The molecule has 1 aromatic heterocycles. The van der Waals surface area contributed by atoms with Crippen LogP contribution in [0.1, 0.15) is 17.7 Å². The van der Waals surface area contributed by atoms with Crippen LogP contribution in [0.15, 0.2) is 12.1 Å². The van der Waals surface area contributed by atoms with Crippen molar-refractivity contribution in [3.63, 3.8) is 0 Å². The van der Waals surface area contributed by atoms with Gasteiger partial charge in [-0.05, 0) is 12.1 Å². The van der Waals surface area contributed by atoms with Crippen LogP contribution in [0.5, 0.6) is 5.75 Å². The first kappa shape index (κ1) is 13.8. The highest BCUT2D eigenvalue weighted by Crippen LogP contribution is 2.28. The number of ether oxygens (including phenoxy) is 3. The van der Waals surface area contributed by atoms with Crippen LogP contribution >= 0.6 is 0 Å². The lowest BCUT2D eigenvalue weighted by atomic mass is 10.2. The van der Waals surface area contributed by atoms with Gasteiger partial charge in [0, 0.05) is 31.7 Å². The minimum absolute atomic E-state index is 0.132. The van der Waals surface area contributed by atoms with E-state index in [0.717, 1.165) is 45.0 Å². The van der Waals surface area contributed by atoms with Crippen molar-refractivity contribution in [2.24, 2.45) is 0 Å². The third-order valence-corrected chi connectivity index (χ3v) is 3.59. The molecule has 6 heteroatoms. The maximum Gasteiger partial charge on any atom is 0.204 e. The van der Waals surface area contributed by atoms with Crippen LogP contribution in [0, 0.1) is 0 Å². The van der Waals surface area contributed by atoms with Gasteiger partial charge < -0.3 is 19.3 Å². The Morgan fingerprint density at radius 3 is 2.65 bits per heavy atom. The summed E-state index contributed by atoms with van der Waals surface area (Å²) >= 11 is 0. The molecule has 3 rings (SSSR count). The summed E-state index contributed by atoms with van der Waals surface area (Å²) in [5, 5.41) is 9.86. The van der Waals surface area contributed by atoms with E-state index >= 15 is 0 Å². The van der Waals surface area contributed by atoms with E-state index in [2.05, 4.69) is 9.88 Å². The molecule has 1 N–H and O–H groups in total. The minimum atomic E-state index is -0.529. The van der Waals surface area contributed by atoms with E-state index in [4.69, 9.17) is 14.2 Å². The summed E-state index contributed by atoms with van der Waals surface area (Å²) in [4.78, 5) is 6.84. The van der Waals surface area contributed by atoms with Crippen molar-refractivity contribution in [1.82, 2.24) is 9.88 Å². The summed E-state index contributed by atoms with van der Waals surface area (Å²) < 4.78 is 16.1. The van der Waals surface area contributed by atoms with Crippen LogP contribution < -0.4 is 0 Å². The third-order valence-electron chi connectivity index (χ3n) is 3.59. The van der Waals surface area contributed by atoms with Gasteiger partial charge in [-0.1, -0.05) is 0 Å². The SMILES string of the molecule is Oc1ccc(CCN2CCOCC2)nc1C1OCCO1. The Balaban J connectivity index is 1.62. The summed E-state index contributed by atoms with van der Waals surface area (Å²) in [6.45, 7) is 5.59. The first-order valence-corrected chi connectivity index (χ1v) is 7.05. The highest BCUT2D eigenvalue weighted by atomic mass is 16.7. The summed E-state index contributed by atoms with van der Waals surface area (Å²) in [6, 6.07) is 3.52. The lowest BCUT2D eigenvalue weighted by molar-refractivity contribution is -0.0488. The maximum absolute atomic E-state index is 9.86. The average Bonchev–Trinajstić information content (AvgIpc) is 3.01. The predicted molar refractivity (Wildman–Crippen MR) is 71.5 cm³/mol. The van der Waals surface area contributed by atoms with Gasteiger partial charge in [-0.15, -0.1) is 0 Å². The lowest BCUT2D eigenvalue weighted by Gasteiger charge is -2.26. The molecule has 0 spiro atoms. The third kappa shape index (κ3) is 3.27. The molecule has 0 radical (unpaired) electrons. The van der Waals surface area contributed by atoms with Crippen molar-refractivity contribution in [2.45, 2.75) is 12.7 Å². The molecular weight excluding hydrogens is 260 g/mol. The zero-order valence-corrected chi connectivity index (χ0v) is 11.5. The largest absolute Gasteiger partial charge is 0.506 e. The van der Waals surface area contributed by atoms with Crippen molar-refractivity contribution in [3.8, 4) is 5.75 Å². The number of aromatic hydroxyl groups is 1. The van der Waals surface area contributed by atoms with Gasteiger partial charge in [0.15, 0.2) is 0 Å². The van der Waals surface area contributed by atoms with Gasteiger partial charge in [-0.25, -0.2) is 4.98 Å². The van der Waals surface area contributed by atoms with Crippen molar-refractivity contribution < 1.29 is 19.3 Å². The molecule has 20 heavy (non-hydrogen) atoms. The molecular formula is C14H20N2O4. The Labute approximate surface area is 118 Å². The molecule has 3 heterocycles. The Morgan fingerprint density at radius 2 is 1.90 bits per heavy atom. The smallest absolute Gasteiger partial charge is 0.204 e. The number of nitrogens with zero attached hydrogens (tertiary/aromatic N) is 2. The number of rotatable bonds is 4. The zero-order valence-electron chi connectivity index (χ0n) is 11.5. The van der Waals surface area contributed by atoms with E-state index in [1.54, 1.807) is 6.07 Å². The molecule has 0 saturated carbocycles. The van der Waals surface area contributed by atoms with Gasteiger partial charge in [-0.3, -0.25) is 4.90 Å². The first-order chi connectivity index (χ1) is 9.83. The fourth-order valence-electron chi connectivity index (χ4n) is 2.44. The lowest BCUT2D eigenvalue weighted by Crippen LogP contribution is -2.37. The second kappa shape index (κ2) is 6.49. The van der Waals surface area contributed by atoms with E-state index in [1.165, 1.54) is 0 Å². The van der Waals surface area contributed by atoms with E-state index in [0.29, 0.717) is 18.9 Å². The number of hydrogen-bond acceptors (Lipinski definition) is 6. The molecule has 6 nitrogen and oxygen atoms in total. The molecule has 0 amide bonds. The molecule has 0 atom stereocenters. The van der Waals surface area contributed by atoms with E-state index in [9.17, 15) is 5.11 Å². The van der Waals surface area contributed by atoms with Crippen LogP contribution in [0.4, 0.5) is 0 Å². The van der Waals surface area contributed by atoms with Crippen molar-refractivity contribution in [2.75, 3.05) is 46.1 Å². The van der Waals surface area contributed by atoms with Crippen molar-refractivity contribution in [1.29, 1.82) is 0 Å². The molecule has 1 aromatic rings. The van der Waals surface area contributed by atoms with Gasteiger partial charge >= 0.3 is 0 Å². The van der Waals surface area contributed by atoms with Gasteiger partial charge in [0.1, 0.15) is 11.4 Å². The predicted octanol–water partition coefficient (Wildman–Crippen LogP) is 0.707. The van der Waals surface area contributed by atoms with Gasteiger partial charge in [0.2, 0.25) is 6.29 Å². The number of pyridine rings is 1. The minimum Gasteiger partial charge on any atom is -0.506 e.